The monoisotopic (exact) mass is 310 g/mol. The van der Waals surface area contributed by atoms with Crippen LogP contribution in [0.25, 0.3) is 5.65 Å². The number of pyridine rings is 1. The summed E-state index contributed by atoms with van der Waals surface area (Å²) in [4.78, 5) is 16.8. The summed E-state index contributed by atoms with van der Waals surface area (Å²) in [5.41, 5.74) is 4.38. The molecule has 2 N–H and O–H groups in total. The van der Waals surface area contributed by atoms with Crippen LogP contribution in [0.1, 0.15) is 27.4 Å². The quantitative estimate of drug-likeness (QED) is 0.753. The molecule has 7 heteroatoms. The molecule has 0 aliphatic carbocycles. The molecule has 0 unspecified atom stereocenters. The summed E-state index contributed by atoms with van der Waals surface area (Å²) in [6.07, 6.45) is 3.95. The largest absolute Gasteiger partial charge is 0.345 e. The number of hydrogen-bond acceptors (Lipinski definition) is 4. The van der Waals surface area contributed by atoms with Crippen molar-refractivity contribution in [1.29, 1.82) is 0 Å². The zero-order chi connectivity index (χ0) is 15.8. The molecule has 3 aromatic rings. The summed E-state index contributed by atoms with van der Waals surface area (Å²) < 4.78 is 3.86. The molecule has 0 aromatic carbocycles. The zero-order valence-electron chi connectivity index (χ0n) is 12.9. The first-order valence-corrected chi connectivity index (χ1v) is 7.69. The molecule has 1 aliphatic heterocycles. The van der Waals surface area contributed by atoms with Crippen LogP contribution < -0.4 is 10.6 Å². The molecule has 0 fully saturated rings. The first-order valence-electron chi connectivity index (χ1n) is 7.69. The number of aromatic nitrogens is 4. The fourth-order valence-corrected chi connectivity index (χ4v) is 2.81. The number of carbonyl (C=O) groups is 1. The van der Waals surface area contributed by atoms with Crippen LogP contribution in [0.4, 0.5) is 0 Å². The minimum Gasteiger partial charge on any atom is -0.345 e. The topological polar surface area (TPSA) is 76.2 Å². The Labute approximate surface area is 133 Å². The highest BCUT2D eigenvalue weighted by Gasteiger charge is 2.16. The lowest BCUT2D eigenvalue weighted by Gasteiger charge is -2.13. The predicted octanol–water partition coefficient (Wildman–Crippen LogP) is 0.872. The fraction of sp³-hybridized carbons (Fsp3) is 0.312. The first-order chi connectivity index (χ1) is 11.2. The molecule has 0 bridgehead atoms. The minimum absolute atomic E-state index is 0.167. The SMILES string of the molecule is Cc1ccc2nc(CNC(=O)c3cc4n(n3)CCNC4)cn2c1. The maximum atomic E-state index is 12.3. The van der Waals surface area contributed by atoms with Crippen LogP contribution in [-0.4, -0.2) is 31.6 Å². The van der Waals surface area contributed by atoms with Crippen molar-refractivity contribution in [3.05, 3.63) is 53.2 Å². The molecule has 1 aliphatic rings. The Morgan fingerprint density at radius 2 is 2.30 bits per heavy atom. The van der Waals surface area contributed by atoms with Crippen molar-refractivity contribution in [2.45, 2.75) is 26.6 Å². The van der Waals surface area contributed by atoms with Gasteiger partial charge in [-0.05, 0) is 24.6 Å². The second-order valence-corrected chi connectivity index (χ2v) is 5.81. The van der Waals surface area contributed by atoms with Crippen molar-refractivity contribution in [3.63, 3.8) is 0 Å². The van der Waals surface area contributed by atoms with Gasteiger partial charge in [0.05, 0.1) is 24.5 Å². The van der Waals surface area contributed by atoms with Gasteiger partial charge in [-0.15, -0.1) is 0 Å². The smallest absolute Gasteiger partial charge is 0.272 e. The average Bonchev–Trinajstić information content (AvgIpc) is 3.15. The third kappa shape index (κ3) is 2.70. The van der Waals surface area contributed by atoms with Gasteiger partial charge in [0, 0.05) is 25.5 Å². The molecule has 23 heavy (non-hydrogen) atoms. The molecular formula is C16H18N6O. The predicted molar refractivity (Wildman–Crippen MR) is 85.0 cm³/mol. The standard InChI is InChI=1S/C16H18N6O/c1-11-2-3-15-19-12(10-21(15)9-11)7-18-16(23)14-6-13-8-17-4-5-22(13)20-14/h2-3,6,9-10,17H,4-5,7-8H2,1H3,(H,18,23). The molecule has 4 rings (SSSR count). The number of imidazole rings is 1. The molecule has 118 valence electrons. The fourth-order valence-electron chi connectivity index (χ4n) is 2.81. The van der Waals surface area contributed by atoms with E-state index in [2.05, 4.69) is 20.7 Å². The van der Waals surface area contributed by atoms with Gasteiger partial charge in [0.25, 0.3) is 5.91 Å². The summed E-state index contributed by atoms with van der Waals surface area (Å²) >= 11 is 0. The van der Waals surface area contributed by atoms with Gasteiger partial charge in [-0.1, -0.05) is 6.07 Å². The van der Waals surface area contributed by atoms with E-state index in [4.69, 9.17) is 0 Å². The van der Waals surface area contributed by atoms with Gasteiger partial charge in [0.15, 0.2) is 5.69 Å². The molecule has 0 atom stereocenters. The number of aryl methyl sites for hydroxylation is 1. The molecule has 0 spiro atoms. The van der Waals surface area contributed by atoms with E-state index in [1.54, 1.807) is 0 Å². The summed E-state index contributed by atoms with van der Waals surface area (Å²) in [5, 5.41) is 10.5. The van der Waals surface area contributed by atoms with E-state index >= 15 is 0 Å². The number of nitrogens with zero attached hydrogens (tertiary/aromatic N) is 4. The molecule has 7 nitrogen and oxygen atoms in total. The van der Waals surface area contributed by atoms with Gasteiger partial charge >= 0.3 is 0 Å². The summed E-state index contributed by atoms with van der Waals surface area (Å²) in [6.45, 7) is 4.87. The van der Waals surface area contributed by atoms with E-state index in [1.165, 1.54) is 5.56 Å². The van der Waals surface area contributed by atoms with Crippen molar-refractivity contribution >= 4 is 11.6 Å². The van der Waals surface area contributed by atoms with Crippen LogP contribution in [0.15, 0.2) is 30.6 Å². The minimum atomic E-state index is -0.167. The number of hydrogen-bond donors (Lipinski definition) is 2. The molecule has 3 aromatic heterocycles. The number of carbonyl (C=O) groups excluding carboxylic acids is 1. The normalized spacial score (nSPS) is 14.0. The van der Waals surface area contributed by atoms with Crippen molar-refractivity contribution in [3.8, 4) is 0 Å². The highest BCUT2D eigenvalue weighted by molar-refractivity contribution is 5.92. The summed E-state index contributed by atoms with van der Waals surface area (Å²) in [5.74, 6) is -0.167. The maximum Gasteiger partial charge on any atom is 0.272 e. The van der Waals surface area contributed by atoms with Gasteiger partial charge < -0.3 is 15.0 Å². The van der Waals surface area contributed by atoms with E-state index in [1.807, 2.05) is 46.6 Å². The molecule has 1 amide bonds. The lowest BCUT2D eigenvalue weighted by Crippen LogP contribution is -2.28. The van der Waals surface area contributed by atoms with Gasteiger partial charge in [0.1, 0.15) is 5.65 Å². The Balaban J connectivity index is 1.47. The van der Waals surface area contributed by atoms with Crippen molar-refractivity contribution in [2.24, 2.45) is 0 Å². The van der Waals surface area contributed by atoms with Crippen LogP contribution in [0.2, 0.25) is 0 Å². The molecule has 0 saturated carbocycles. The second-order valence-electron chi connectivity index (χ2n) is 5.81. The second kappa shape index (κ2) is 5.51. The first kappa shape index (κ1) is 14.0. The number of rotatable bonds is 3. The van der Waals surface area contributed by atoms with Crippen molar-refractivity contribution < 1.29 is 4.79 Å². The third-order valence-electron chi connectivity index (χ3n) is 3.98. The summed E-state index contributed by atoms with van der Waals surface area (Å²) in [6, 6.07) is 5.83. The Kier molecular flexibility index (Phi) is 3.34. The van der Waals surface area contributed by atoms with Crippen LogP contribution in [0.5, 0.6) is 0 Å². The Morgan fingerprint density at radius 1 is 1.39 bits per heavy atom. The molecule has 0 radical (unpaired) electrons. The average molecular weight is 310 g/mol. The number of amides is 1. The van der Waals surface area contributed by atoms with Gasteiger partial charge in [-0.3, -0.25) is 9.48 Å². The molecular weight excluding hydrogens is 292 g/mol. The molecule has 0 saturated heterocycles. The van der Waals surface area contributed by atoms with Crippen LogP contribution in [0, 0.1) is 6.92 Å². The lowest BCUT2D eigenvalue weighted by molar-refractivity contribution is 0.0944. The van der Waals surface area contributed by atoms with E-state index in [0.29, 0.717) is 12.2 Å². The van der Waals surface area contributed by atoms with Crippen LogP contribution >= 0.6 is 0 Å². The lowest BCUT2D eigenvalue weighted by atomic mass is 10.3. The zero-order valence-corrected chi connectivity index (χ0v) is 12.9. The van der Waals surface area contributed by atoms with Gasteiger partial charge in [0.2, 0.25) is 0 Å². The highest BCUT2D eigenvalue weighted by Crippen LogP contribution is 2.09. The number of nitrogens with one attached hydrogen (secondary N) is 2. The van der Waals surface area contributed by atoms with E-state index in [0.717, 1.165) is 36.7 Å². The van der Waals surface area contributed by atoms with Crippen LogP contribution in [-0.2, 0) is 19.6 Å². The van der Waals surface area contributed by atoms with Crippen molar-refractivity contribution in [2.75, 3.05) is 6.54 Å². The van der Waals surface area contributed by atoms with Gasteiger partial charge in [-0.25, -0.2) is 4.98 Å². The highest BCUT2D eigenvalue weighted by atomic mass is 16.1. The van der Waals surface area contributed by atoms with E-state index < -0.39 is 0 Å². The van der Waals surface area contributed by atoms with Crippen molar-refractivity contribution in [1.82, 2.24) is 29.8 Å². The third-order valence-corrected chi connectivity index (χ3v) is 3.98. The van der Waals surface area contributed by atoms with E-state index in [-0.39, 0.29) is 5.91 Å². The van der Waals surface area contributed by atoms with Crippen LogP contribution in [0.3, 0.4) is 0 Å². The van der Waals surface area contributed by atoms with E-state index in [9.17, 15) is 4.79 Å². The maximum absolute atomic E-state index is 12.3. The Bertz CT molecular complexity index is 854. The Morgan fingerprint density at radius 3 is 3.17 bits per heavy atom. The number of fused-ring (bicyclic) bond motifs is 2. The summed E-state index contributed by atoms with van der Waals surface area (Å²) in [7, 11) is 0. The van der Waals surface area contributed by atoms with Gasteiger partial charge in [-0.2, -0.15) is 5.10 Å². The Hall–Kier alpha value is -2.67. The molecule has 4 heterocycles.